The summed E-state index contributed by atoms with van der Waals surface area (Å²) >= 11 is 0. The lowest BCUT2D eigenvalue weighted by molar-refractivity contribution is -0.122. The Morgan fingerprint density at radius 1 is 1.42 bits per heavy atom. The van der Waals surface area contributed by atoms with Gasteiger partial charge < -0.3 is 20.1 Å². The smallest absolute Gasteiger partial charge is 0.236 e. The minimum atomic E-state index is -0.232. The van der Waals surface area contributed by atoms with Gasteiger partial charge in [0.2, 0.25) is 12.7 Å². The fraction of sp³-hybridized carbons (Fsp3) is 0.500. The van der Waals surface area contributed by atoms with Crippen molar-refractivity contribution in [3.05, 3.63) is 23.8 Å². The van der Waals surface area contributed by atoms with Gasteiger partial charge in [-0.2, -0.15) is 0 Å². The summed E-state index contributed by atoms with van der Waals surface area (Å²) in [5.41, 5.74) is 1.00. The van der Waals surface area contributed by atoms with Crippen LogP contribution in [0, 0.1) is 0 Å². The number of para-hydroxylation sites is 1. The largest absolute Gasteiger partial charge is 0.454 e. The molecule has 2 rings (SSSR count). The van der Waals surface area contributed by atoms with Gasteiger partial charge in [0.1, 0.15) is 0 Å². The third kappa shape index (κ3) is 3.38. The molecule has 1 heterocycles. The molecular weight excluding hydrogens is 244 g/mol. The first-order valence-electron chi connectivity index (χ1n) is 6.61. The van der Waals surface area contributed by atoms with Crippen molar-refractivity contribution in [1.82, 2.24) is 10.6 Å². The molecule has 1 amide bonds. The van der Waals surface area contributed by atoms with Crippen LogP contribution in [0.5, 0.6) is 11.5 Å². The highest BCUT2D eigenvalue weighted by Gasteiger charge is 2.18. The monoisotopic (exact) mass is 264 g/mol. The average Bonchev–Trinajstić information content (AvgIpc) is 2.90. The maximum absolute atomic E-state index is 11.7. The van der Waals surface area contributed by atoms with E-state index in [1.54, 1.807) is 0 Å². The highest BCUT2D eigenvalue weighted by atomic mass is 16.7. The summed E-state index contributed by atoms with van der Waals surface area (Å²) in [7, 11) is 0. The highest BCUT2D eigenvalue weighted by Crippen LogP contribution is 2.35. The standard InChI is InChI=1S/C14H20N2O3/c1-3-7-15-14(17)10(2)16-8-11-5-4-6-12-13(11)19-9-18-12/h4-6,10,16H,3,7-9H2,1-2H3,(H,15,17). The Kier molecular flexibility index (Phi) is 4.63. The first-order chi connectivity index (χ1) is 9.22. The van der Waals surface area contributed by atoms with Crippen molar-refractivity contribution >= 4 is 5.91 Å². The van der Waals surface area contributed by atoms with Crippen LogP contribution in [0.4, 0.5) is 0 Å². The Labute approximate surface area is 113 Å². The molecule has 2 N–H and O–H groups in total. The predicted octanol–water partition coefficient (Wildman–Crippen LogP) is 1.42. The number of nitrogens with one attached hydrogen (secondary N) is 2. The van der Waals surface area contributed by atoms with Crippen LogP contribution < -0.4 is 20.1 Å². The summed E-state index contributed by atoms with van der Waals surface area (Å²) in [6.45, 7) is 5.43. The number of rotatable bonds is 6. The number of hydrogen-bond acceptors (Lipinski definition) is 4. The van der Waals surface area contributed by atoms with Crippen LogP contribution in [0.2, 0.25) is 0 Å². The summed E-state index contributed by atoms with van der Waals surface area (Å²) < 4.78 is 10.7. The number of fused-ring (bicyclic) bond motifs is 1. The first-order valence-corrected chi connectivity index (χ1v) is 6.61. The zero-order valence-corrected chi connectivity index (χ0v) is 11.4. The van der Waals surface area contributed by atoms with Gasteiger partial charge in [-0.15, -0.1) is 0 Å². The van der Waals surface area contributed by atoms with Crippen LogP contribution in [0.25, 0.3) is 0 Å². The summed E-state index contributed by atoms with van der Waals surface area (Å²) in [6.07, 6.45) is 0.940. The maximum atomic E-state index is 11.7. The molecule has 5 heteroatoms. The number of ether oxygens (including phenoxy) is 2. The molecule has 1 unspecified atom stereocenters. The Balaban J connectivity index is 1.89. The highest BCUT2D eigenvalue weighted by molar-refractivity contribution is 5.81. The molecule has 0 aliphatic carbocycles. The van der Waals surface area contributed by atoms with E-state index in [4.69, 9.17) is 9.47 Å². The summed E-state index contributed by atoms with van der Waals surface area (Å²) in [4.78, 5) is 11.7. The van der Waals surface area contributed by atoms with Crippen LogP contribution in [0.15, 0.2) is 18.2 Å². The molecule has 0 bridgehead atoms. The van der Waals surface area contributed by atoms with Gasteiger partial charge in [-0.25, -0.2) is 0 Å². The quantitative estimate of drug-likeness (QED) is 0.816. The second-order valence-electron chi connectivity index (χ2n) is 4.54. The number of amides is 1. The molecule has 0 fully saturated rings. The molecule has 19 heavy (non-hydrogen) atoms. The van der Waals surface area contributed by atoms with Gasteiger partial charge in [0, 0.05) is 18.7 Å². The second kappa shape index (κ2) is 6.43. The lowest BCUT2D eigenvalue weighted by Gasteiger charge is -2.14. The minimum Gasteiger partial charge on any atom is -0.454 e. The van der Waals surface area contributed by atoms with Gasteiger partial charge in [-0.1, -0.05) is 19.1 Å². The molecular formula is C14H20N2O3. The lowest BCUT2D eigenvalue weighted by Crippen LogP contribution is -2.42. The normalized spacial score (nSPS) is 14.2. The van der Waals surface area contributed by atoms with E-state index in [9.17, 15) is 4.79 Å². The number of carbonyl (C=O) groups excluding carboxylic acids is 1. The Morgan fingerprint density at radius 2 is 2.26 bits per heavy atom. The fourth-order valence-electron chi connectivity index (χ4n) is 1.89. The third-order valence-electron chi connectivity index (χ3n) is 3.02. The molecule has 1 aromatic carbocycles. The van der Waals surface area contributed by atoms with Crippen LogP contribution in [-0.2, 0) is 11.3 Å². The van der Waals surface area contributed by atoms with Crippen LogP contribution >= 0.6 is 0 Å². The van der Waals surface area contributed by atoms with Crippen molar-refractivity contribution in [2.24, 2.45) is 0 Å². The Bertz CT molecular complexity index is 448. The van der Waals surface area contributed by atoms with Crippen molar-refractivity contribution in [2.45, 2.75) is 32.9 Å². The second-order valence-corrected chi connectivity index (χ2v) is 4.54. The van der Waals surface area contributed by atoms with Crippen molar-refractivity contribution in [3.8, 4) is 11.5 Å². The maximum Gasteiger partial charge on any atom is 0.236 e. The van der Waals surface area contributed by atoms with Gasteiger partial charge in [0.05, 0.1) is 6.04 Å². The molecule has 0 spiro atoms. The Hall–Kier alpha value is -1.75. The van der Waals surface area contributed by atoms with Crippen molar-refractivity contribution < 1.29 is 14.3 Å². The van der Waals surface area contributed by atoms with E-state index in [0.717, 1.165) is 23.5 Å². The van der Waals surface area contributed by atoms with E-state index in [0.29, 0.717) is 13.1 Å². The molecule has 0 saturated carbocycles. The minimum absolute atomic E-state index is 0.0200. The summed E-state index contributed by atoms with van der Waals surface area (Å²) in [6, 6.07) is 5.54. The lowest BCUT2D eigenvalue weighted by atomic mass is 10.1. The Morgan fingerprint density at radius 3 is 3.05 bits per heavy atom. The molecule has 1 aromatic rings. The van der Waals surface area contributed by atoms with Crippen LogP contribution in [0.3, 0.4) is 0 Å². The topological polar surface area (TPSA) is 59.6 Å². The number of benzene rings is 1. The van der Waals surface area contributed by atoms with E-state index in [2.05, 4.69) is 10.6 Å². The molecule has 0 saturated heterocycles. The van der Waals surface area contributed by atoms with Crippen LogP contribution in [-0.4, -0.2) is 25.3 Å². The molecule has 1 atom stereocenters. The van der Waals surface area contributed by atoms with Crippen LogP contribution in [0.1, 0.15) is 25.8 Å². The number of hydrogen-bond donors (Lipinski definition) is 2. The molecule has 0 aromatic heterocycles. The summed E-state index contributed by atoms with van der Waals surface area (Å²) in [5, 5.41) is 6.05. The van der Waals surface area contributed by atoms with Gasteiger partial charge in [0.25, 0.3) is 0 Å². The molecule has 104 valence electrons. The zero-order chi connectivity index (χ0) is 13.7. The van der Waals surface area contributed by atoms with Gasteiger partial charge in [-0.05, 0) is 19.4 Å². The molecule has 0 radical (unpaired) electrons. The van der Waals surface area contributed by atoms with Crippen molar-refractivity contribution in [3.63, 3.8) is 0 Å². The molecule has 5 nitrogen and oxygen atoms in total. The van der Waals surface area contributed by atoms with E-state index >= 15 is 0 Å². The predicted molar refractivity (Wildman–Crippen MR) is 72.2 cm³/mol. The SMILES string of the molecule is CCCNC(=O)C(C)NCc1cccc2c1OCO2. The van der Waals surface area contributed by atoms with Gasteiger partial charge in [0.15, 0.2) is 11.5 Å². The third-order valence-corrected chi connectivity index (χ3v) is 3.02. The van der Waals surface area contributed by atoms with Gasteiger partial charge >= 0.3 is 0 Å². The van der Waals surface area contributed by atoms with Crippen molar-refractivity contribution in [1.29, 1.82) is 0 Å². The first kappa shape index (κ1) is 13.7. The zero-order valence-electron chi connectivity index (χ0n) is 11.4. The van der Waals surface area contributed by atoms with E-state index < -0.39 is 0 Å². The van der Waals surface area contributed by atoms with E-state index in [1.165, 1.54) is 0 Å². The summed E-state index contributed by atoms with van der Waals surface area (Å²) in [5.74, 6) is 1.56. The molecule has 1 aliphatic heterocycles. The number of carbonyl (C=O) groups is 1. The van der Waals surface area contributed by atoms with E-state index in [-0.39, 0.29) is 18.7 Å². The average molecular weight is 264 g/mol. The molecule has 1 aliphatic rings. The van der Waals surface area contributed by atoms with E-state index in [1.807, 2.05) is 32.0 Å². The van der Waals surface area contributed by atoms with Gasteiger partial charge in [-0.3, -0.25) is 4.79 Å². The van der Waals surface area contributed by atoms with Crippen molar-refractivity contribution in [2.75, 3.05) is 13.3 Å². The fourth-order valence-corrected chi connectivity index (χ4v) is 1.89.